The first kappa shape index (κ1) is 12.6. The molecule has 1 aliphatic carbocycles. The van der Waals surface area contributed by atoms with Crippen molar-refractivity contribution in [2.75, 3.05) is 13.6 Å². The maximum atomic E-state index is 12.2. The smallest absolute Gasteiger partial charge is 0.233 e. The fourth-order valence-electron chi connectivity index (χ4n) is 3.72. The lowest BCUT2D eigenvalue weighted by molar-refractivity contribution is -0.152. The van der Waals surface area contributed by atoms with Crippen LogP contribution < -0.4 is 10.6 Å². The molecule has 1 saturated carbocycles. The van der Waals surface area contributed by atoms with Gasteiger partial charge in [-0.2, -0.15) is 0 Å². The Morgan fingerprint density at radius 1 is 1.41 bits per heavy atom. The second-order valence-corrected chi connectivity index (χ2v) is 5.92. The molecule has 4 nitrogen and oxygen atoms in total. The molecule has 1 aliphatic heterocycles. The summed E-state index contributed by atoms with van der Waals surface area (Å²) in [7, 11) is 1.92. The first-order chi connectivity index (χ1) is 7.95. The average Bonchev–Trinajstić information content (AvgIpc) is 2.42. The zero-order valence-corrected chi connectivity index (χ0v) is 10.9. The summed E-state index contributed by atoms with van der Waals surface area (Å²) in [6.45, 7) is 5.09. The second-order valence-electron chi connectivity index (χ2n) is 5.92. The zero-order chi connectivity index (χ0) is 12.7. The monoisotopic (exact) mass is 238 g/mol. The van der Waals surface area contributed by atoms with Crippen LogP contribution >= 0.6 is 0 Å². The topological polar surface area (TPSA) is 58.2 Å². The lowest BCUT2D eigenvalue weighted by Crippen LogP contribution is -2.58. The van der Waals surface area contributed by atoms with Crippen LogP contribution in [0.15, 0.2) is 0 Å². The maximum Gasteiger partial charge on any atom is 0.233 e. The number of carbonyl (C=O) groups is 2. The van der Waals surface area contributed by atoms with Gasteiger partial charge >= 0.3 is 0 Å². The third kappa shape index (κ3) is 1.61. The second kappa shape index (κ2) is 4.09. The lowest BCUT2D eigenvalue weighted by Gasteiger charge is -2.46. The van der Waals surface area contributed by atoms with Crippen molar-refractivity contribution in [2.24, 2.45) is 16.7 Å². The molecular formula is C13H22N2O2. The first-order valence-corrected chi connectivity index (χ1v) is 6.45. The van der Waals surface area contributed by atoms with Crippen molar-refractivity contribution in [1.29, 1.82) is 0 Å². The summed E-state index contributed by atoms with van der Waals surface area (Å²) >= 11 is 0. The molecule has 1 heterocycles. The molecule has 0 radical (unpaired) electrons. The van der Waals surface area contributed by atoms with Crippen molar-refractivity contribution in [3.63, 3.8) is 0 Å². The molecule has 0 aromatic carbocycles. The van der Waals surface area contributed by atoms with E-state index in [4.69, 9.17) is 0 Å². The van der Waals surface area contributed by atoms with Crippen molar-refractivity contribution < 1.29 is 9.59 Å². The summed E-state index contributed by atoms with van der Waals surface area (Å²) in [4.78, 5) is 24.0. The van der Waals surface area contributed by atoms with E-state index < -0.39 is 0 Å². The molecule has 2 atom stereocenters. The summed E-state index contributed by atoms with van der Waals surface area (Å²) in [5, 5.41) is 5.68. The van der Waals surface area contributed by atoms with Gasteiger partial charge in [-0.1, -0.05) is 13.8 Å². The number of carbonyl (C=O) groups excluding carboxylic acids is 2. The lowest BCUT2D eigenvalue weighted by atomic mass is 9.60. The summed E-state index contributed by atoms with van der Waals surface area (Å²) in [5.41, 5.74) is -0.525. The minimum Gasteiger partial charge on any atom is -0.320 e. The highest BCUT2D eigenvalue weighted by Crippen LogP contribution is 2.60. The van der Waals surface area contributed by atoms with Crippen molar-refractivity contribution >= 4 is 11.8 Å². The molecule has 96 valence electrons. The number of nitrogens with one attached hydrogen (secondary N) is 2. The van der Waals surface area contributed by atoms with Crippen LogP contribution in [0.3, 0.4) is 0 Å². The predicted molar refractivity (Wildman–Crippen MR) is 65.2 cm³/mol. The number of piperidine rings is 1. The minimum atomic E-state index is -0.331. The molecule has 2 N–H and O–H groups in total. The van der Waals surface area contributed by atoms with Gasteiger partial charge in [0, 0.05) is 5.92 Å². The number of fused-ring (bicyclic) bond motifs is 2. The van der Waals surface area contributed by atoms with Crippen molar-refractivity contribution in [3.05, 3.63) is 0 Å². The summed E-state index contributed by atoms with van der Waals surface area (Å²) < 4.78 is 0. The Kier molecular flexibility index (Phi) is 3.02. The van der Waals surface area contributed by atoms with E-state index in [0.717, 1.165) is 32.2 Å². The van der Waals surface area contributed by atoms with Crippen molar-refractivity contribution in [3.8, 4) is 0 Å². The first-order valence-electron chi connectivity index (χ1n) is 6.45. The SMILES string of the molecule is CNCCCC12CCC(C(=O)NC1=O)C2(C)C. The Bertz CT molecular complexity index is 351. The quantitative estimate of drug-likeness (QED) is 0.569. The van der Waals surface area contributed by atoms with Crippen LogP contribution in [-0.2, 0) is 9.59 Å². The summed E-state index contributed by atoms with van der Waals surface area (Å²) in [5.74, 6) is -0.103. The highest BCUT2D eigenvalue weighted by molar-refractivity contribution is 6.03. The van der Waals surface area contributed by atoms with E-state index in [-0.39, 0.29) is 28.6 Å². The Labute approximate surface area is 103 Å². The summed E-state index contributed by atoms with van der Waals surface area (Å²) in [6, 6.07) is 0. The van der Waals surface area contributed by atoms with Gasteiger partial charge < -0.3 is 5.32 Å². The van der Waals surface area contributed by atoms with Gasteiger partial charge in [0.15, 0.2) is 0 Å². The van der Waals surface area contributed by atoms with E-state index in [0.29, 0.717) is 0 Å². The number of imide groups is 1. The molecule has 17 heavy (non-hydrogen) atoms. The highest BCUT2D eigenvalue weighted by Gasteiger charge is 2.63. The molecule has 2 unspecified atom stereocenters. The van der Waals surface area contributed by atoms with Crippen LogP contribution in [0.4, 0.5) is 0 Å². The van der Waals surface area contributed by atoms with E-state index in [1.807, 2.05) is 7.05 Å². The average molecular weight is 238 g/mol. The highest BCUT2D eigenvalue weighted by atomic mass is 16.2. The third-order valence-corrected chi connectivity index (χ3v) is 4.98. The van der Waals surface area contributed by atoms with Gasteiger partial charge in [-0.25, -0.2) is 0 Å². The Morgan fingerprint density at radius 3 is 2.76 bits per heavy atom. The number of rotatable bonds is 4. The van der Waals surface area contributed by atoms with Crippen LogP contribution in [0.5, 0.6) is 0 Å². The van der Waals surface area contributed by atoms with Crippen molar-refractivity contribution in [1.82, 2.24) is 10.6 Å². The minimum absolute atomic E-state index is 0.00906. The largest absolute Gasteiger partial charge is 0.320 e. The number of hydrogen-bond donors (Lipinski definition) is 2. The van der Waals surface area contributed by atoms with Gasteiger partial charge in [0.25, 0.3) is 0 Å². The number of amides is 2. The molecule has 2 fully saturated rings. The fraction of sp³-hybridized carbons (Fsp3) is 0.846. The Balaban J connectivity index is 2.24. The normalized spacial score (nSPS) is 34.9. The molecule has 2 bridgehead atoms. The van der Waals surface area contributed by atoms with E-state index >= 15 is 0 Å². The van der Waals surface area contributed by atoms with E-state index in [1.54, 1.807) is 0 Å². The Morgan fingerprint density at radius 2 is 2.12 bits per heavy atom. The molecule has 0 aromatic rings. The van der Waals surface area contributed by atoms with Crippen LogP contribution in [0.1, 0.15) is 39.5 Å². The zero-order valence-electron chi connectivity index (χ0n) is 10.9. The third-order valence-electron chi connectivity index (χ3n) is 4.98. The number of hydrogen-bond acceptors (Lipinski definition) is 3. The molecule has 2 aliphatic rings. The summed E-state index contributed by atoms with van der Waals surface area (Å²) in [6.07, 6.45) is 3.56. The fourth-order valence-corrected chi connectivity index (χ4v) is 3.72. The van der Waals surface area contributed by atoms with Gasteiger partial charge in [-0.15, -0.1) is 0 Å². The van der Waals surface area contributed by atoms with Gasteiger partial charge in [0.05, 0.1) is 5.41 Å². The molecule has 2 amide bonds. The molecular weight excluding hydrogens is 216 g/mol. The molecule has 1 saturated heterocycles. The van der Waals surface area contributed by atoms with Gasteiger partial charge in [0.1, 0.15) is 0 Å². The molecule has 4 heteroatoms. The maximum absolute atomic E-state index is 12.2. The molecule has 0 spiro atoms. The van der Waals surface area contributed by atoms with Gasteiger partial charge in [0.2, 0.25) is 11.8 Å². The van der Waals surface area contributed by atoms with E-state index in [9.17, 15) is 9.59 Å². The molecule has 0 aromatic heterocycles. The standard InChI is InChI=1S/C13H22N2O2/c1-12(2)9-5-7-13(12,6-4-8-14-3)11(17)15-10(9)16/h9,14H,4-8H2,1-3H3,(H,15,16,17). The Hall–Kier alpha value is -0.900. The predicted octanol–water partition coefficient (Wildman–Crippen LogP) is 1.06. The molecule has 2 rings (SSSR count). The van der Waals surface area contributed by atoms with Crippen LogP contribution in [0, 0.1) is 16.7 Å². The van der Waals surface area contributed by atoms with E-state index in [1.165, 1.54) is 0 Å². The van der Waals surface area contributed by atoms with Gasteiger partial charge in [-0.3, -0.25) is 14.9 Å². The van der Waals surface area contributed by atoms with Crippen LogP contribution in [0.2, 0.25) is 0 Å². The van der Waals surface area contributed by atoms with Crippen LogP contribution in [-0.4, -0.2) is 25.4 Å². The van der Waals surface area contributed by atoms with E-state index in [2.05, 4.69) is 24.5 Å². The van der Waals surface area contributed by atoms with Crippen LogP contribution in [0.25, 0.3) is 0 Å². The van der Waals surface area contributed by atoms with Gasteiger partial charge in [-0.05, 0) is 44.7 Å². The van der Waals surface area contributed by atoms with Crippen molar-refractivity contribution in [2.45, 2.75) is 39.5 Å².